The second-order valence-corrected chi connectivity index (χ2v) is 4.12. The summed E-state index contributed by atoms with van der Waals surface area (Å²) in [5.41, 5.74) is 0.405. The van der Waals surface area contributed by atoms with Crippen LogP contribution in [0, 0.1) is 11.7 Å². The molecule has 1 atom stereocenters. The summed E-state index contributed by atoms with van der Waals surface area (Å²) in [7, 11) is 1.11. The number of hydrogen-bond donors (Lipinski definition) is 1. The Morgan fingerprint density at radius 1 is 1.53 bits per heavy atom. The van der Waals surface area contributed by atoms with E-state index in [-0.39, 0.29) is 10.9 Å². The number of halogens is 2. The summed E-state index contributed by atoms with van der Waals surface area (Å²) in [5.74, 6) is -3.99. The topological polar surface area (TPSA) is 63.6 Å². The molecule has 0 aliphatic rings. The van der Waals surface area contributed by atoms with Crippen LogP contribution in [0.4, 0.5) is 4.39 Å². The first-order valence-corrected chi connectivity index (χ1v) is 5.50. The minimum Gasteiger partial charge on any atom is -0.481 e. The summed E-state index contributed by atoms with van der Waals surface area (Å²) in [6, 6.07) is 4.24. The second kappa shape index (κ2) is 5.77. The maximum absolute atomic E-state index is 13.2. The van der Waals surface area contributed by atoms with Crippen molar-refractivity contribution < 1.29 is 23.8 Å². The zero-order valence-electron chi connectivity index (χ0n) is 8.94. The summed E-state index contributed by atoms with van der Waals surface area (Å²) in [6.45, 7) is 0. The summed E-state index contributed by atoms with van der Waals surface area (Å²) in [4.78, 5) is 22.1. The van der Waals surface area contributed by atoms with Crippen LogP contribution in [0.25, 0.3) is 0 Å². The van der Waals surface area contributed by atoms with E-state index in [4.69, 9.17) is 5.11 Å². The third-order valence-corrected chi connectivity index (χ3v) is 3.13. The molecule has 0 aromatic heterocycles. The number of carbonyl (C=O) groups is 2. The number of carboxylic acids is 1. The predicted molar refractivity (Wildman–Crippen MR) is 60.9 cm³/mol. The minimum atomic E-state index is -1.34. The molecule has 0 spiro atoms. The van der Waals surface area contributed by atoms with Gasteiger partial charge in [0.2, 0.25) is 0 Å². The lowest BCUT2D eigenvalue weighted by atomic mass is 9.99. The number of esters is 1. The lowest BCUT2D eigenvalue weighted by Gasteiger charge is -2.11. The van der Waals surface area contributed by atoms with E-state index >= 15 is 0 Å². The van der Waals surface area contributed by atoms with Crippen molar-refractivity contribution >= 4 is 27.9 Å². The Kier molecular flexibility index (Phi) is 4.62. The molecule has 17 heavy (non-hydrogen) atoms. The molecule has 0 bridgehead atoms. The van der Waals surface area contributed by atoms with Crippen molar-refractivity contribution in [3.63, 3.8) is 0 Å². The Bertz CT molecular complexity index is 447. The van der Waals surface area contributed by atoms with Gasteiger partial charge in [0.1, 0.15) is 5.82 Å². The van der Waals surface area contributed by atoms with E-state index in [2.05, 4.69) is 20.7 Å². The van der Waals surface area contributed by atoms with Gasteiger partial charge in [-0.15, -0.1) is 0 Å². The van der Waals surface area contributed by atoms with E-state index in [1.165, 1.54) is 12.1 Å². The van der Waals surface area contributed by atoms with Crippen LogP contribution in [0.15, 0.2) is 22.7 Å². The molecule has 1 rings (SSSR count). The number of ether oxygens (including phenoxy) is 1. The maximum Gasteiger partial charge on any atom is 0.320 e. The highest BCUT2D eigenvalue weighted by Crippen LogP contribution is 2.23. The average Bonchev–Trinajstić information content (AvgIpc) is 2.29. The quantitative estimate of drug-likeness (QED) is 0.682. The lowest BCUT2D eigenvalue weighted by Crippen LogP contribution is -2.27. The Labute approximate surface area is 106 Å². The molecule has 0 fully saturated rings. The molecule has 92 valence electrons. The minimum absolute atomic E-state index is 0.125. The third kappa shape index (κ3) is 3.26. The highest BCUT2D eigenvalue weighted by molar-refractivity contribution is 9.10. The molecule has 0 saturated carbocycles. The summed E-state index contributed by atoms with van der Waals surface area (Å²) < 4.78 is 17.8. The first kappa shape index (κ1) is 13.6. The molecule has 0 amide bonds. The van der Waals surface area contributed by atoms with Gasteiger partial charge in [0.15, 0.2) is 5.92 Å². The second-order valence-electron chi connectivity index (χ2n) is 3.33. The fourth-order valence-electron chi connectivity index (χ4n) is 1.34. The Morgan fingerprint density at radius 3 is 2.71 bits per heavy atom. The van der Waals surface area contributed by atoms with Crippen molar-refractivity contribution in [3.05, 3.63) is 34.1 Å². The summed E-state index contributed by atoms with van der Waals surface area (Å²) >= 11 is 3.01. The van der Waals surface area contributed by atoms with Crippen LogP contribution in [-0.4, -0.2) is 24.2 Å². The molecular weight excluding hydrogens is 295 g/mol. The van der Waals surface area contributed by atoms with Crippen LogP contribution in [-0.2, 0) is 20.7 Å². The van der Waals surface area contributed by atoms with E-state index in [1.807, 2.05) is 0 Å². The van der Waals surface area contributed by atoms with Gasteiger partial charge in [0.05, 0.1) is 11.6 Å². The Balaban J connectivity index is 2.98. The van der Waals surface area contributed by atoms with Crippen molar-refractivity contribution in [1.82, 2.24) is 0 Å². The molecule has 1 N–H and O–H groups in total. The van der Waals surface area contributed by atoms with Crippen LogP contribution >= 0.6 is 15.9 Å². The molecule has 0 aliphatic carbocycles. The number of rotatable bonds is 4. The van der Waals surface area contributed by atoms with E-state index in [1.54, 1.807) is 6.07 Å². The first-order chi connectivity index (χ1) is 7.97. The van der Waals surface area contributed by atoms with Gasteiger partial charge in [0, 0.05) is 0 Å². The molecule has 1 aromatic carbocycles. The monoisotopic (exact) mass is 304 g/mol. The molecule has 1 unspecified atom stereocenters. The number of hydrogen-bond acceptors (Lipinski definition) is 3. The van der Waals surface area contributed by atoms with Crippen molar-refractivity contribution in [2.45, 2.75) is 6.42 Å². The van der Waals surface area contributed by atoms with Crippen molar-refractivity contribution in [2.75, 3.05) is 7.11 Å². The fourth-order valence-corrected chi connectivity index (χ4v) is 1.77. The molecule has 0 aliphatic heterocycles. The SMILES string of the molecule is COC(=O)C(Cc1cccc(F)c1Br)C(=O)O. The van der Waals surface area contributed by atoms with Gasteiger partial charge < -0.3 is 9.84 Å². The van der Waals surface area contributed by atoms with E-state index < -0.39 is 23.7 Å². The van der Waals surface area contributed by atoms with Gasteiger partial charge in [-0.2, -0.15) is 0 Å². The van der Waals surface area contributed by atoms with Gasteiger partial charge >= 0.3 is 11.9 Å². The third-order valence-electron chi connectivity index (χ3n) is 2.24. The van der Waals surface area contributed by atoms with Gasteiger partial charge in [0.25, 0.3) is 0 Å². The van der Waals surface area contributed by atoms with E-state index in [0.29, 0.717) is 5.56 Å². The highest BCUT2D eigenvalue weighted by Gasteiger charge is 2.28. The van der Waals surface area contributed by atoms with Crippen LogP contribution in [0.1, 0.15) is 5.56 Å². The summed E-state index contributed by atoms with van der Waals surface area (Å²) in [6.07, 6.45) is -0.125. The number of methoxy groups -OCH3 is 1. The Hall–Kier alpha value is -1.43. The predicted octanol–water partition coefficient (Wildman–Crippen LogP) is 2.00. The zero-order valence-corrected chi connectivity index (χ0v) is 10.5. The van der Waals surface area contributed by atoms with Gasteiger partial charge in [-0.05, 0) is 34.0 Å². The van der Waals surface area contributed by atoms with Crippen molar-refractivity contribution in [2.24, 2.45) is 5.92 Å². The smallest absolute Gasteiger partial charge is 0.320 e. The molecule has 4 nitrogen and oxygen atoms in total. The maximum atomic E-state index is 13.2. The fraction of sp³-hybridized carbons (Fsp3) is 0.273. The lowest BCUT2D eigenvalue weighted by molar-refractivity contribution is -0.156. The highest BCUT2D eigenvalue weighted by atomic mass is 79.9. The van der Waals surface area contributed by atoms with Crippen LogP contribution in [0.2, 0.25) is 0 Å². The molecule has 6 heteroatoms. The van der Waals surface area contributed by atoms with Crippen LogP contribution in [0.3, 0.4) is 0 Å². The van der Waals surface area contributed by atoms with E-state index in [0.717, 1.165) is 7.11 Å². The number of aliphatic carboxylic acids is 1. The zero-order chi connectivity index (χ0) is 13.0. The first-order valence-electron chi connectivity index (χ1n) is 4.71. The number of carboxylic acid groups (broad SMARTS) is 1. The molecule has 1 aromatic rings. The normalized spacial score (nSPS) is 11.9. The largest absolute Gasteiger partial charge is 0.481 e. The number of benzene rings is 1. The molecule has 0 radical (unpaired) electrons. The molecular formula is C11H10BrFO4. The van der Waals surface area contributed by atoms with Crippen molar-refractivity contribution in [1.29, 1.82) is 0 Å². The summed E-state index contributed by atoms with van der Waals surface area (Å²) in [5, 5.41) is 8.89. The molecule has 0 heterocycles. The van der Waals surface area contributed by atoms with Gasteiger partial charge in [-0.1, -0.05) is 12.1 Å². The van der Waals surface area contributed by atoms with Crippen LogP contribution in [0.5, 0.6) is 0 Å². The van der Waals surface area contributed by atoms with Gasteiger partial charge in [-0.3, -0.25) is 9.59 Å². The molecule has 0 saturated heterocycles. The van der Waals surface area contributed by atoms with E-state index in [9.17, 15) is 14.0 Å². The van der Waals surface area contributed by atoms with Crippen molar-refractivity contribution in [3.8, 4) is 0 Å². The van der Waals surface area contributed by atoms with Gasteiger partial charge in [-0.25, -0.2) is 4.39 Å². The average molecular weight is 305 g/mol. The number of carbonyl (C=O) groups excluding carboxylic acids is 1. The Morgan fingerprint density at radius 2 is 2.18 bits per heavy atom. The standard InChI is InChI=1S/C11H10BrFO4/c1-17-11(16)7(10(14)15)5-6-3-2-4-8(13)9(6)12/h2-4,7H,5H2,1H3,(H,14,15). The van der Waals surface area contributed by atoms with Crippen LogP contribution < -0.4 is 0 Å².